The molecule has 1 aliphatic rings. The highest BCUT2D eigenvalue weighted by atomic mass is 16.4. The quantitative estimate of drug-likeness (QED) is 0.359. The van der Waals surface area contributed by atoms with Gasteiger partial charge in [-0.15, -0.1) is 0 Å². The van der Waals surface area contributed by atoms with Crippen molar-refractivity contribution in [2.45, 2.75) is 82.3 Å². The van der Waals surface area contributed by atoms with Gasteiger partial charge in [0.05, 0.1) is 25.3 Å². The van der Waals surface area contributed by atoms with Gasteiger partial charge in [0.1, 0.15) is 18.3 Å². The van der Waals surface area contributed by atoms with Gasteiger partial charge in [0.15, 0.2) is 0 Å². The Hall–Kier alpha value is -0.240. The summed E-state index contributed by atoms with van der Waals surface area (Å²) >= 11 is 0. The molecule has 132 valence electrons. The molecular weight excluding hydrogens is 286 g/mol. The van der Waals surface area contributed by atoms with Crippen molar-refractivity contribution in [3.8, 4) is 0 Å². The third-order valence-corrected chi connectivity index (χ3v) is 4.73. The zero-order valence-corrected chi connectivity index (χ0v) is 13.6. The van der Waals surface area contributed by atoms with Crippen LogP contribution in [0.2, 0.25) is 0 Å². The van der Waals surface area contributed by atoms with E-state index in [1.54, 1.807) is 4.90 Å². The monoisotopic (exact) mass is 319 g/mol. The predicted octanol–water partition coefficient (Wildman–Crippen LogP) is -0.143. The maximum Gasteiger partial charge on any atom is 0.109 e. The molecule has 0 bridgehead atoms. The molecule has 0 aliphatic carbocycles. The van der Waals surface area contributed by atoms with Crippen molar-refractivity contribution in [2.75, 3.05) is 19.8 Å². The molecule has 1 aliphatic heterocycles. The minimum Gasteiger partial charge on any atom is -0.395 e. The summed E-state index contributed by atoms with van der Waals surface area (Å²) in [6, 6.07) is -1.29. The topological polar surface area (TPSA) is 104 Å². The second-order valence-electron chi connectivity index (χ2n) is 6.33. The Bertz CT molecular complexity index is 274. The number of unbranched alkanes of at least 4 members (excludes halogenated alkanes) is 6. The molecule has 0 spiro atoms. The Morgan fingerprint density at radius 1 is 0.682 bits per heavy atom. The molecule has 1 fully saturated rings. The molecule has 1 unspecified atom stereocenters. The van der Waals surface area contributed by atoms with Crippen molar-refractivity contribution < 1.29 is 25.5 Å². The average molecular weight is 319 g/mol. The first-order valence-electron chi connectivity index (χ1n) is 8.60. The van der Waals surface area contributed by atoms with Crippen LogP contribution in [0.25, 0.3) is 0 Å². The van der Waals surface area contributed by atoms with Crippen molar-refractivity contribution in [3.05, 3.63) is 0 Å². The van der Waals surface area contributed by atoms with Crippen molar-refractivity contribution in [3.63, 3.8) is 0 Å². The standard InChI is InChI=1S/C16H33NO5/c1-2-3-4-5-6-7-8-9-17-12(10-18)14(20)16(22)15(21)13(17)11-19/h12-16,18-22H,2-11H2,1H3/t12-,13+,14-,15-,16?/m0/s1. The maximum absolute atomic E-state index is 10.00. The van der Waals surface area contributed by atoms with Crippen LogP contribution in [0, 0.1) is 0 Å². The van der Waals surface area contributed by atoms with Crippen LogP contribution in [0.3, 0.4) is 0 Å². The molecule has 0 aromatic carbocycles. The number of aliphatic hydroxyl groups excluding tert-OH is 5. The Balaban J connectivity index is 2.46. The minimum absolute atomic E-state index is 0.308. The third-order valence-electron chi connectivity index (χ3n) is 4.73. The summed E-state index contributed by atoms with van der Waals surface area (Å²) in [6.07, 6.45) is 4.30. The number of nitrogens with zero attached hydrogens (tertiary/aromatic N) is 1. The molecule has 0 radical (unpaired) electrons. The maximum atomic E-state index is 10.00. The molecule has 0 saturated carbocycles. The van der Waals surface area contributed by atoms with E-state index in [1.807, 2.05) is 0 Å². The van der Waals surface area contributed by atoms with Gasteiger partial charge in [0.25, 0.3) is 0 Å². The van der Waals surface area contributed by atoms with Gasteiger partial charge in [0, 0.05) is 0 Å². The highest BCUT2D eigenvalue weighted by Crippen LogP contribution is 2.25. The molecular formula is C16H33NO5. The van der Waals surface area contributed by atoms with E-state index in [-0.39, 0.29) is 13.2 Å². The average Bonchev–Trinajstić information content (AvgIpc) is 2.52. The van der Waals surface area contributed by atoms with Crippen LogP contribution >= 0.6 is 0 Å². The number of rotatable bonds is 10. The van der Waals surface area contributed by atoms with E-state index >= 15 is 0 Å². The molecule has 5 N–H and O–H groups in total. The Morgan fingerprint density at radius 2 is 1.14 bits per heavy atom. The fraction of sp³-hybridized carbons (Fsp3) is 1.00. The first-order valence-corrected chi connectivity index (χ1v) is 8.60. The van der Waals surface area contributed by atoms with Crippen LogP contribution in [0.4, 0.5) is 0 Å². The smallest absolute Gasteiger partial charge is 0.109 e. The molecule has 1 rings (SSSR count). The predicted molar refractivity (Wildman–Crippen MR) is 84.5 cm³/mol. The first-order chi connectivity index (χ1) is 10.6. The zero-order chi connectivity index (χ0) is 16.5. The fourth-order valence-electron chi connectivity index (χ4n) is 3.30. The molecule has 6 nitrogen and oxygen atoms in total. The van der Waals surface area contributed by atoms with E-state index in [0.29, 0.717) is 6.54 Å². The molecule has 5 atom stereocenters. The minimum atomic E-state index is -1.33. The molecule has 6 heteroatoms. The Kier molecular flexibility index (Phi) is 9.47. The number of aliphatic hydroxyl groups is 5. The lowest BCUT2D eigenvalue weighted by molar-refractivity contribution is -0.177. The van der Waals surface area contributed by atoms with Gasteiger partial charge in [-0.25, -0.2) is 0 Å². The van der Waals surface area contributed by atoms with Crippen LogP contribution < -0.4 is 0 Å². The molecule has 22 heavy (non-hydrogen) atoms. The van der Waals surface area contributed by atoms with E-state index in [9.17, 15) is 25.5 Å². The van der Waals surface area contributed by atoms with Crippen LogP contribution in [0.1, 0.15) is 51.9 Å². The summed E-state index contributed by atoms with van der Waals surface area (Å²) < 4.78 is 0. The lowest BCUT2D eigenvalue weighted by Crippen LogP contribution is -2.68. The van der Waals surface area contributed by atoms with Gasteiger partial charge >= 0.3 is 0 Å². The SMILES string of the molecule is CCCCCCCCCN1[C@H](CO)[C@H](O)C(O)[C@@H](O)[C@@H]1CO. The van der Waals surface area contributed by atoms with Crippen molar-refractivity contribution in [1.82, 2.24) is 4.90 Å². The third kappa shape index (κ3) is 5.15. The van der Waals surface area contributed by atoms with Gasteiger partial charge in [-0.3, -0.25) is 4.90 Å². The van der Waals surface area contributed by atoms with Crippen molar-refractivity contribution >= 4 is 0 Å². The summed E-state index contributed by atoms with van der Waals surface area (Å²) in [6.45, 7) is 2.16. The van der Waals surface area contributed by atoms with Gasteiger partial charge in [-0.05, 0) is 13.0 Å². The summed E-state index contributed by atoms with van der Waals surface area (Å²) in [4.78, 5) is 1.74. The Labute approximate surface area is 133 Å². The molecule has 1 heterocycles. The molecule has 1 saturated heterocycles. The number of piperidine rings is 1. The number of hydrogen-bond acceptors (Lipinski definition) is 6. The Morgan fingerprint density at radius 3 is 1.59 bits per heavy atom. The van der Waals surface area contributed by atoms with Gasteiger partial charge in [-0.1, -0.05) is 45.4 Å². The number of likely N-dealkylation sites (tertiary alicyclic amines) is 1. The van der Waals surface area contributed by atoms with E-state index in [1.165, 1.54) is 25.7 Å². The van der Waals surface area contributed by atoms with E-state index < -0.39 is 30.4 Å². The second-order valence-corrected chi connectivity index (χ2v) is 6.33. The van der Waals surface area contributed by atoms with E-state index in [0.717, 1.165) is 19.3 Å². The lowest BCUT2D eigenvalue weighted by Gasteiger charge is -2.48. The summed E-state index contributed by atoms with van der Waals surface area (Å²) in [7, 11) is 0. The zero-order valence-electron chi connectivity index (χ0n) is 13.6. The summed E-state index contributed by atoms with van der Waals surface area (Å²) in [5.41, 5.74) is 0. The van der Waals surface area contributed by atoms with Crippen molar-refractivity contribution in [1.29, 1.82) is 0 Å². The number of hydrogen-bond donors (Lipinski definition) is 5. The highest BCUT2D eigenvalue weighted by Gasteiger charge is 2.46. The van der Waals surface area contributed by atoms with Gasteiger partial charge < -0.3 is 25.5 Å². The second kappa shape index (κ2) is 10.5. The van der Waals surface area contributed by atoms with E-state index in [4.69, 9.17) is 0 Å². The molecule has 0 aromatic heterocycles. The van der Waals surface area contributed by atoms with Gasteiger partial charge in [-0.2, -0.15) is 0 Å². The molecule has 0 amide bonds. The van der Waals surface area contributed by atoms with E-state index in [2.05, 4.69) is 6.92 Å². The normalized spacial score (nSPS) is 33.3. The van der Waals surface area contributed by atoms with Crippen molar-refractivity contribution in [2.24, 2.45) is 0 Å². The first kappa shape index (κ1) is 19.8. The summed E-state index contributed by atoms with van der Waals surface area (Å²) in [5.74, 6) is 0. The highest BCUT2D eigenvalue weighted by molar-refractivity contribution is 5.00. The van der Waals surface area contributed by atoms with Crippen LogP contribution in [-0.4, -0.2) is 80.6 Å². The van der Waals surface area contributed by atoms with Crippen LogP contribution in [-0.2, 0) is 0 Å². The summed E-state index contributed by atoms with van der Waals surface area (Å²) in [5, 5.41) is 48.8. The van der Waals surface area contributed by atoms with Crippen LogP contribution in [0.5, 0.6) is 0 Å². The van der Waals surface area contributed by atoms with Gasteiger partial charge in [0.2, 0.25) is 0 Å². The largest absolute Gasteiger partial charge is 0.395 e. The molecule has 0 aromatic rings. The lowest BCUT2D eigenvalue weighted by atomic mass is 9.88. The fourth-order valence-corrected chi connectivity index (χ4v) is 3.30. The van der Waals surface area contributed by atoms with Crippen LogP contribution in [0.15, 0.2) is 0 Å².